The van der Waals surface area contributed by atoms with Crippen LogP contribution in [-0.4, -0.2) is 25.0 Å². The number of hydrogen-bond acceptors (Lipinski definition) is 5. The number of carbonyl (C=O) groups is 1. The van der Waals surface area contributed by atoms with Gasteiger partial charge in [-0.3, -0.25) is 4.79 Å². The molecule has 0 amide bonds. The predicted octanol–water partition coefficient (Wildman–Crippen LogP) is 4.13. The van der Waals surface area contributed by atoms with Crippen molar-refractivity contribution in [3.05, 3.63) is 53.0 Å². The first-order chi connectivity index (χ1) is 11.2. The molecule has 0 spiro atoms. The number of aryl methyl sites for hydroxylation is 1. The van der Waals surface area contributed by atoms with Gasteiger partial charge in [-0.05, 0) is 30.3 Å². The van der Waals surface area contributed by atoms with Crippen LogP contribution in [0.3, 0.4) is 0 Å². The standard InChI is InChI=1S/C18H17NO3S/c1-21-12-7-9-16(22-2)13(11-12)15(20)8-10-18-19-14-5-3-4-6-17(14)23-18/h3-7,9,11H,8,10H2,1-2H3. The minimum absolute atomic E-state index is 0.0278. The minimum atomic E-state index is 0.0278. The maximum atomic E-state index is 12.5. The minimum Gasteiger partial charge on any atom is -0.497 e. The van der Waals surface area contributed by atoms with Crippen molar-refractivity contribution in [1.82, 2.24) is 4.98 Å². The Morgan fingerprint density at radius 2 is 1.96 bits per heavy atom. The molecule has 5 heteroatoms. The molecule has 0 aliphatic heterocycles. The van der Waals surface area contributed by atoms with Crippen LogP contribution < -0.4 is 9.47 Å². The average molecular weight is 327 g/mol. The van der Waals surface area contributed by atoms with E-state index in [4.69, 9.17) is 9.47 Å². The average Bonchev–Trinajstić information content (AvgIpc) is 3.02. The Kier molecular flexibility index (Phi) is 4.57. The maximum absolute atomic E-state index is 12.5. The van der Waals surface area contributed by atoms with Crippen LogP contribution in [0.2, 0.25) is 0 Å². The first-order valence-corrected chi connectivity index (χ1v) is 8.12. The Hall–Kier alpha value is -2.40. The molecule has 0 fully saturated rings. The fourth-order valence-corrected chi connectivity index (χ4v) is 3.38. The molecule has 0 atom stereocenters. The predicted molar refractivity (Wildman–Crippen MR) is 91.8 cm³/mol. The third-order valence-corrected chi connectivity index (χ3v) is 4.71. The Labute approximate surface area is 138 Å². The molecule has 0 aliphatic rings. The number of fused-ring (bicyclic) bond motifs is 1. The van der Waals surface area contributed by atoms with Gasteiger partial charge in [-0.15, -0.1) is 11.3 Å². The van der Waals surface area contributed by atoms with Gasteiger partial charge in [0.1, 0.15) is 11.5 Å². The highest BCUT2D eigenvalue weighted by Gasteiger charge is 2.14. The summed E-state index contributed by atoms with van der Waals surface area (Å²) in [5.41, 5.74) is 1.53. The molecule has 4 nitrogen and oxygen atoms in total. The molecule has 0 N–H and O–H groups in total. The highest BCUT2D eigenvalue weighted by atomic mass is 32.1. The molecular weight excluding hydrogens is 310 g/mol. The summed E-state index contributed by atoms with van der Waals surface area (Å²) in [4.78, 5) is 17.1. The van der Waals surface area contributed by atoms with Gasteiger partial charge < -0.3 is 9.47 Å². The number of methoxy groups -OCH3 is 2. The molecule has 1 aromatic heterocycles. The molecule has 0 radical (unpaired) electrons. The number of aromatic nitrogens is 1. The molecule has 1 heterocycles. The van der Waals surface area contributed by atoms with Crippen LogP contribution in [-0.2, 0) is 6.42 Å². The Morgan fingerprint density at radius 3 is 2.70 bits per heavy atom. The quantitative estimate of drug-likeness (QED) is 0.639. The van der Waals surface area contributed by atoms with E-state index in [0.717, 1.165) is 15.2 Å². The van der Waals surface area contributed by atoms with E-state index in [1.54, 1.807) is 43.8 Å². The van der Waals surface area contributed by atoms with Crippen molar-refractivity contribution < 1.29 is 14.3 Å². The molecule has 0 saturated heterocycles. The van der Waals surface area contributed by atoms with E-state index in [2.05, 4.69) is 4.98 Å². The van der Waals surface area contributed by atoms with Crippen LogP contribution in [0.25, 0.3) is 10.2 Å². The molecular formula is C18H17NO3S. The Morgan fingerprint density at radius 1 is 1.13 bits per heavy atom. The van der Waals surface area contributed by atoms with Crippen LogP contribution in [0.15, 0.2) is 42.5 Å². The first-order valence-electron chi connectivity index (χ1n) is 7.31. The van der Waals surface area contributed by atoms with Gasteiger partial charge >= 0.3 is 0 Å². The molecule has 0 bridgehead atoms. The second-order valence-corrected chi connectivity index (χ2v) is 6.18. The van der Waals surface area contributed by atoms with Crippen molar-refractivity contribution >= 4 is 27.3 Å². The van der Waals surface area contributed by atoms with Crippen molar-refractivity contribution in [3.8, 4) is 11.5 Å². The maximum Gasteiger partial charge on any atom is 0.167 e. The second-order valence-electron chi connectivity index (χ2n) is 5.06. The number of rotatable bonds is 6. The summed E-state index contributed by atoms with van der Waals surface area (Å²) in [6, 6.07) is 13.3. The number of benzene rings is 2. The van der Waals surface area contributed by atoms with Gasteiger partial charge in [0.2, 0.25) is 0 Å². The lowest BCUT2D eigenvalue weighted by Gasteiger charge is -2.09. The van der Waals surface area contributed by atoms with Crippen molar-refractivity contribution in [3.63, 3.8) is 0 Å². The summed E-state index contributed by atoms with van der Waals surface area (Å²) >= 11 is 1.63. The van der Waals surface area contributed by atoms with E-state index < -0.39 is 0 Å². The number of Topliss-reactive ketones (excluding diaryl/α,β-unsaturated/α-hetero) is 1. The molecule has 0 unspecified atom stereocenters. The van der Waals surface area contributed by atoms with Crippen LogP contribution in [0, 0.1) is 0 Å². The highest BCUT2D eigenvalue weighted by Crippen LogP contribution is 2.27. The van der Waals surface area contributed by atoms with E-state index >= 15 is 0 Å². The zero-order chi connectivity index (χ0) is 16.2. The van der Waals surface area contributed by atoms with Gasteiger partial charge in [-0.1, -0.05) is 12.1 Å². The SMILES string of the molecule is COc1ccc(OC)c(C(=O)CCc2nc3ccccc3s2)c1. The summed E-state index contributed by atoms with van der Waals surface area (Å²) < 4.78 is 11.6. The first kappa shape index (κ1) is 15.5. The topological polar surface area (TPSA) is 48.4 Å². The zero-order valence-corrected chi connectivity index (χ0v) is 13.9. The van der Waals surface area contributed by atoms with Gasteiger partial charge in [0.25, 0.3) is 0 Å². The summed E-state index contributed by atoms with van der Waals surface area (Å²) in [7, 11) is 3.14. The largest absolute Gasteiger partial charge is 0.497 e. The fraction of sp³-hybridized carbons (Fsp3) is 0.222. The zero-order valence-electron chi connectivity index (χ0n) is 13.0. The van der Waals surface area contributed by atoms with Crippen molar-refractivity contribution in [1.29, 1.82) is 0 Å². The van der Waals surface area contributed by atoms with E-state index in [1.165, 1.54) is 0 Å². The van der Waals surface area contributed by atoms with Gasteiger partial charge in [0.15, 0.2) is 5.78 Å². The summed E-state index contributed by atoms with van der Waals surface area (Å²) in [6.45, 7) is 0. The number of ether oxygens (including phenoxy) is 2. The van der Waals surface area contributed by atoms with Gasteiger partial charge in [0, 0.05) is 12.8 Å². The number of carbonyl (C=O) groups excluding carboxylic acids is 1. The number of para-hydroxylation sites is 1. The lowest BCUT2D eigenvalue weighted by molar-refractivity contribution is 0.0979. The molecule has 3 rings (SSSR count). The third-order valence-electron chi connectivity index (χ3n) is 3.61. The molecule has 23 heavy (non-hydrogen) atoms. The summed E-state index contributed by atoms with van der Waals surface area (Å²) in [5.74, 6) is 1.24. The summed E-state index contributed by atoms with van der Waals surface area (Å²) in [5, 5.41) is 0.974. The van der Waals surface area contributed by atoms with Crippen molar-refractivity contribution in [2.75, 3.05) is 14.2 Å². The monoisotopic (exact) mass is 327 g/mol. The molecule has 3 aromatic rings. The van der Waals surface area contributed by atoms with Crippen LogP contribution >= 0.6 is 11.3 Å². The number of thiazole rings is 1. The second kappa shape index (κ2) is 6.79. The van der Waals surface area contributed by atoms with Crippen LogP contribution in [0.4, 0.5) is 0 Å². The highest BCUT2D eigenvalue weighted by molar-refractivity contribution is 7.18. The van der Waals surface area contributed by atoms with Gasteiger partial charge in [-0.2, -0.15) is 0 Å². The van der Waals surface area contributed by atoms with E-state index in [0.29, 0.717) is 29.9 Å². The normalized spacial score (nSPS) is 10.7. The molecule has 0 saturated carbocycles. The van der Waals surface area contributed by atoms with Gasteiger partial charge in [0.05, 0.1) is 35.0 Å². The number of nitrogens with zero attached hydrogens (tertiary/aromatic N) is 1. The molecule has 118 valence electrons. The van der Waals surface area contributed by atoms with Crippen LogP contribution in [0.5, 0.6) is 11.5 Å². The van der Waals surface area contributed by atoms with E-state index in [1.807, 2.05) is 24.3 Å². The molecule has 2 aromatic carbocycles. The van der Waals surface area contributed by atoms with E-state index in [-0.39, 0.29) is 5.78 Å². The van der Waals surface area contributed by atoms with Crippen molar-refractivity contribution in [2.24, 2.45) is 0 Å². The number of ketones is 1. The number of hydrogen-bond donors (Lipinski definition) is 0. The smallest absolute Gasteiger partial charge is 0.167 e. The fourth-order valence-electron chi connectivity index (χ4n) is 2.41. The summed E-state index contributed by atoms with van der Waals surface area (Å²) in [6.07, 6.45) is 1.02. The molecule has 0 aliphatic carbocycles. The van der Waals surface area contributed by atoms with Crippen LogP contribution in [0.1, 0.15) is 21.8 Å². The lowest BCUT2D eigenvalue weighted by Crippen LogP contribution is -2.04. The van der Waals surface area contributed by atoms with Gasteiger partial charge in [-0.25, -0.2) is 4.98 Å². The lowest BCUT2D eigenvalue weighted by atomic mass is 10.1. The third kappa shape index (κ3) is 3.35. The van der Waals surface area contributed by atoms with E-state index in [9.17, 15) is 4.79 Å². The van der Waals surface area contributed by atoms with Crippen molar-refractivity contribution in [2.45, 2.75) is 12.8 Å². The Bertz CT molecular complexity index is 808. The Balaban J connectivity index is 1.76.